The molecule has 1 unspecified atom stereocenters. The molecule has 0 spiro atoms. The molecule has 7 heteroatoms. The van der Waals surface area contributed by atoms with E-state index in [0.717, 1.165) is 17.5 Å². The monoisotopic (exact) mass is 395 g/mol. The Balaban J connectivity index is 1.67. The molecule has 7 nitrogen and oxygen atoms in total. The standard InChI is InChI=1S/C22H25N3O4/c1-2-13-24-18-10-6-7-11-19(18)25(22(24)29)14-12-20(26)23-15-17(21(27)28)16-8-4-3-5-9-16/h3-11,17H,2,12-15H2,1H3,(H,23,26)(H,27,28). The van der Waals surface area contributed by atoms with E-state index in [1.165, 1.54) is 0 Å². The lowest BCUT2D eigenvalue weighted by atomic mass is 9.99. The van der Waals surface area contributed by atoms with Gasteiger partial charge in [0.25, 0.3) is 0 Å². The first-order valence-electron chi connectivity index (χ1n) is 9.75. The zero-order chi connectivity index (χ0) is 20.8. The van der Waals surface area contributed by atoms with E-state index in [9.17, 15) is 19.5 Å². The zero-order valence-electron chi connectivity index (χ0n) is 16.4. The molecule has 29 heavy (non-hydrogen) atoms. The summed E-state index contributed by atoms with van der Waals surface area (Å²) in [5, 5.41) is 12.1. The molecule has 2 N–H and O–H groups in total. The van der Waals surface area contributed by atoms with Gasteiger partial charge in [0.05, 0.1) is 17.0 Å². The van der Waals surface area contributed by atoms with Crippen LogP contribution < -0.4 is 11.0 Å². The minimum Gasteiger partial charge on any atom is -0.481 e. The summed E-state index contributed by atoms with van der Waals surface area (Å²) in [7, 11) is 0. The van der Waals surface area contributed by atoms with Crippen molar-refractivity contribution in [2.75, 3.05) is 6.54 Å². The number of hydrogen-bond donors (Lipinski definition) is 2. The number of carboxylic acids is 1. The fourth-order valence-electron chi connectivity index (χ4n) is 3.48. The topological polar surface area (TPSA) is 93.3 Å². The molecular weight excluding hydrogens is 370 g/mol. The van der Waals surface area contributed by atoms with E-state index in [2.05, 4.69) is 5.32 Å². The first-order chi connectivity index (χ1) is 14.0. The second-order valence-electron chi connectivity index (χ2n) is 6.93. The first-order valence-corrected chi connectivity index (χ1v) is 9.75. The highest BCUT2D eigenvalue weighted by Crippen LogP contribution is 2.15. The predicted octanol–water partition coefficient (Wildman–Crippen LogP) is 2.59. The van der Waals surface area contributed by atoms with Gasteiger partial charge in [-0.1, -0.05) is 49.4 Å². The zero-order valence-corrected chi connectivity index (χ0v) is 16.4. The molecule has 2 aromatic carbocycles. The van der Waals surface area contributed by atoms with Crippen LogP contribution in [0.5, 0.6) is 0 Å². The fourth-order valence-corrected chi connectivity index (χ4v) is 3.48. The molecule has 1 atom stereocenters. The normalized spacial score (nSPS) is 12.0. The molecule has 0 bridgehead atoms. The van der Waals surface area contributed by atoms with Crippen LogP contribution in [0.15, 0.2) is 59.4 Å². The van der Waals surface area contributed by atoms with Crippen LogP contribution >= 0.6 is 0 Å². The van der Waals surface area contributed by atoms with Gasteiger partial charge in [0, 0.05) is 26.1 Å². The molecule has 0 saturated carbocycles. The number of aryl methyl sites for hydroxylation is 2. The number of hydrogen-bond acceptors (Lipinski definition) is 3. The summed E-state index contributed by atoms with van der Waals surface area (Å²) in [5.74, 6) is -2.09. The van der Waals surface area contributed by atoms with Crippen molar-refractivity contribution in [1.82, 2.24) is 14.5 Å². The van der Waals surface area contributed by atoms with E-state index in [-0.39, 0.29) is 31.1 Å². The number of imidazole rings is 1. The Bertz CT molecular complexity index is 1050. The second-order valence-corrected chi connectivity index (χ2v) is 6.93. The number of nitrogens with one attached hydrogen (secondary N) is 1. The van der Waals surface area contributed by atoms with Crippen molar-refractivity contribution in [1.29, 1.82) is 0 Å². The van der Waals surface area contributed by atoms with E-state index >= 15 is 0 Å². The van der Waals surface area contributed by atoms with Crippen molar-refractivity contribution in [3.63, 3.8) is 0 Å². The quantitative estimate of drug-likeness (QED) is 0.582. The number of aliphatic carboxylic acids is 1. The van der Waals surface area contributed by atoms with Gasteiger partial charge in [0.2, 0.25) is 5.91 Å². The third-order valence-electron chi connectivity index (χ3n) is 4.94. The Kier molecular flexibility index (Phi) is 6.49. The molecule has 0 fully saturated rings. The number of aromatic nitrogens is 2. The Morgan fingerprint density at radius 1 is 0.966 bits per heavy atom. The molecule has 1 heterocycles. The van der Waals surface area contributed by atoms with Crippen molar-refractivity contribution < 1.29 is 14.7 Å². The van der Waals surface area contributed by atoms with E-state index in [0.29, 0.717) is 12.1 Å². The highest BCUT2D eigenvalue weighted by atomic mass is 16.4. The summed E-state index contributed by atoms with van der Waals surface area (Å²) in [6.07, 6.45) is 0.936. The van der Waals surface area contributed by atoms with Crippen LogP contribution in [0, 0.1) is 0 Å². The lowest BCUT2D eigenvalue weighted by molar-refractivity contribution is -0.138. The van der Waals surface area contributed by atoms with Gasteiger partial charge < -0.3 is 10.4 Å². The number of para-hydroxylation sites is 2. The summed E-state index contributed by atoms with van der Waals surface area (Å²) in [6.45, 7) is 2.88. The average Bonchev–Trinajstić information content (AvgIpc) is 2.99. The summed E-state index contributed by atoms with van der Waals surface area (Å²) in [4.78, 5) is 36.6. The predicted molar refractivity (Wildman–Crippen MR) is 111 cm³/mol. The molecule has 0 radical (unpaired) electrons. The average molecular weight is 395 g/mol. The molecule has 152 valence electrons. The van der Waals surface area contributed by atoms with Crippen molar-refractivity contribution in [3.05, 3.63) is 70.6 Å². The number of carbonyl (C=O) groups excluding carboxylic acids is 1. The minimum absolute atomic E-state index is 0.00464. The number of fused-ring (bicyclic) bond motifs is 1. The molecular formula is C22H25N3O4. The number of rotatable bonds is 9. The van der Waals surface area contributed by atoms with Crippen molar-refractivity contribution in [2.24, 2.45) is 0 Å². The molecule has 0 aliphatic carbocycles. The summed E-state index contributed by atoms with van der Waals surface area (Å²) < 4.78 is 3.33. The summed E-state index contributed by atoms with van der Waals surface area (Å²) >= 11 is 0. The van der Waals surface area contributed by atoms with Gasteiger partial charge in [0.1, 0.15) is 0 Å². The third-order valence-corrected chi connectivity index (χ3v) is 4.94. The van der Waals surface area contributed by atoms with E-state index < -0.39 is 11.9 Å². The maximum Gasteiger partial charge on any atom is 0.329 e. The van der Waals surface area contributed by atoms with Crippen molar-refractivity contribution >= 4 is 22.9 Å². The van der Waals surface area contributed by atoms with Gasteiger partial charge in [0.15, 0.2) is 0 Å². The molecule has 1 amide bonds. The maximum atomic E-state index is 12.7. The number of benzene rings is 2. The Labute approximate surface area is 168 Å². The molecule has 0 aliphatic heterocycles. The Morgan fingerprint density at radius 2 is 1.55 bits per heavy atom. The van der Waals surface area contributed by atoms with Crippen LogP contribution in [0.4, 0.5) is 0 Å². The third kappa shape index (κ3) is 4.56. The van der Waals surface area contributed by atoms with Gasteiger partial charge in [-0.3, -0.25) is 18.7 Å². The summed E-state index contributed by atoms with van der Waals surface area (Å²) in [5.41, 5.74) is 2.16. The van der Waals surface area contributed by atoms with Crippen LogP contribution in [0.25, 0.3) is 11.0 Å². The first kappa shape index (κ1) is 20.4. The van der Waals surface area contributed by atoms with Crippen LogP contribution in [0.1, 0.15) is 31.2 Å². The van der Waals surface area contributed by atoms with Gasteiger partial charge in [-0.05, 0) is 24.1 Å². The van der Waals surface area contributed by atoms with E-state index in [1.54, 1.807) is 33.4 Å². The molecule has 3 rings (SSSR count). The minimum atomic E-state index is -0.990. The lowest BCUT2D eigenvalue weighted by Gasteiger charge is -2.14. The van der Waals surface area contributed by atoms with E-state index in [1.807, 2.05) is 37.3 Å². The lowest BCUT2D eigenvalue weighted by Crippen LogP contribution is -2.33. The fraction of sp³-hybridized carbons (Fsp3) is 0.318. The SMILES string of the molecule is CCCn1c(=O)n(CCC(=O)NCC(C(=O)O)c2ccccc2)c2ccccc21. The van der Waals surface area contributed by atoms with Gasteiger partial charge in [-0.25, -0.2) is 4.79 Å². The Morgan fingerprint density at radius 3 is 2.14 bits per heavy atom. The van der Waals surface area contributed by atoms with Crippen LogP contribution in [-0.2, 0) is 22.7 Å². The number of carbonyl (C=O) groups is 2. The highest BCUT2D eigenvalue weighted by molar-refractivity contribution is 5.80. The molecule has 1 aromatic heterocycles. The largest absolute Gasteiger partial charge is 0.481 e. The molecule has 0 aliphatic rings. The van der Waals surface area contributed by atoms with Gasteiger partial charge in [-0.2, -0.15) is 0 Å². The molecule has 0 saturated heterocycles. The number of nitrogens with zero attached hydrogens (tertiary/aromatic N) is 2. The van der Waals surface area contributed by atoms with Gasteiger partial charge >= 0.3 is 11.7 Å². The van der Waals surface area contributed by atoms with Crippen molar-refractivity contribution in [3.8, 4) is 0 Å². The second kappa shape index (κ2) is 9.23. The highest BCUT2D eigenvalue weighted by Gasteiger charge is 2.20. The Hall–Kier alpha value is -3.35. The maximum absolute atomic E-state index is 12.7. The van der Waals surface area contributed by atoms with Crippen LogP contribution in [-0.4, -0.2) is 32.7 Å². The number of amides is 1. The summed E-state index contributed by atoms with van der Waals surface area (Å²) in [6, 6.07) is 16.3. The van der Waals surface area contributed by atoms with Gasteiger partial charge in [-0.15, -0.1) is 0 Å². The smallest absolute Gasteiger partial charge is 0.329 e. The van der Waals surface area contributed by atoms with Crippen LogP contribution in [0.3, 0.4) is 0 Å². The van der Waals surface area contributed by atoms with Crippen molar-refractivity contribution in [2.45, 2.75) is 38.8 Å². The van der Waals surface area contributed by atoms with Crippen LogP contribution in [0.2, 0.25) is 0 Å². The molecule has 3 aromatic rings. The number of carboxylic acid groups (broad SMARTS) is 1. The van der Waals surface area contributed by atoms with E-state index in [4.69, 9.17) is 0 Å².